The fourth-order valence-electron chi connectivity index (χ4n) is 1.10. The Kier molecular flexibility index (Phi) is 3.82. The summed E-state index contributed by atoms with van der Waals surface area (Å²) in [4.78, 5) is 9.91. The van der Waals surface area contributed by atoms with E-state index in [9.17, 15) is 15.2 Å². The fraction of sp³-hybridized carbons (Fsp3) is 0.200. The first-order valence-corrected chi connectivity index (χ1v) is 4.43. The van der Waals surface area contributed by atoms with Crippen molar-refractivity contribution >= 4 is 11.8 Å². The summed E-state index contributed by atoms with van der Waals surface area (Å²) in [6, 6.07) is 4.27. The molecule has 0 aliphatic carbocycles. The minimum atomic E-state index is -0.606. The molecule has 1 aromatic rings. The average Bonchev–Trinajstić information content (AvgIpc) is 2.20. The highest BCUT2D eigenvalue weighted by molar-refractivity contribution is 5.58. The first-order valence-electron chi connectivity index (χ1n) is 4.43. The van der Waals surface area contributed by atoms with Crippen LogP contribution in [0.4, 0.5) is 5.69 Å². The van der Waals surface area contributed by atoms with Crippen LogP contribution in [-0.2, 0) is 0 Å². The summed E-state index contributed by atoms with van der Waals surface area (Å²) in [6.07, 6.45) is 3.60. The Morgan fingerprint density at radius 3 is 2.93 bits per heavy atom. The molecule has 1 rings (SSSR count). The van der Waals surface area contributed by atoms with Crippen molar-refractivity contribution in [2.75, 3.05) is 13.6 Å². The van der Waals surface area contributed by atoms with Crippen LogP contribution in [0.2, 0.25) is 0 Å². The highest BCUT2D eigenvalue weighted by Crippen LogP contribution is 2.26. The third-order valence-corrected chi connectivity index (χ3v) is 1.83. The highest BCUT2D eigenvalue weighted by atomic mass is 16.6. The van der Waals surface area contributed by atoms with Gasteiger partial charge in [-0.2, -0.15) is 0 Å². The Labute approximate surface area is 87.2 Å². The fourth-order valence-corrected chi connectivity index (χ4v) is 1.10. The minimum absolute atomic E-state index is 0.276. The van der Waals surface area contributed by atoms with Gasteiger partial charge in [0.1, 0.15) is 0 Å². The maximum absolute atomic E-state index is 10.5. The number of phenolic OH excluding ortho intramolecular Hbond substituents is 1. The zero-order valence-corrected chi connectivity index (χ0v) is 8.30. The van der Waals surface area contributed by atoms with E-state index in [2.05, 4.69) is 5.32 Å². The first-order chi connectivity index (χ1) is 7.15. The number of phenols is 1. The smallest absolute Gasteiger partial charge is 0.311 e. The SMILES string of the molecule is CNCC=Cc1ccc(O)c([N+](=O)[O-])c1. The maximum atomic E-state index is 10.5. The quantitative estimate of drug-likeness (QED) is 0.581. The Morgan fingerprint density at radius 1 is 1.60 bits per heavy atom. The summed E-state index contributed by atoms with van der Waals surface area (Å²) in [6.45, 7) is 0.689. The molecule has 0 saturated carbocycles. The van der Waals surface area contributed by atoms with Crippen molar-refractivity contribution in [2.45, 2.75) is 0 Å². The second-order valence-corrected chi connectivity index (χ2v) is 2.97. The van der Waals surface area contributed by atoms with Crippen LogP contribution in [0.3, 0.4) is 0 Å². The van der Waals surface area contributed by atoms with Crippen LogP contribution in [-0.4, -0.2) is 23.6 Å². The van der Waals surface area contributed by atoms with E-state index in [4.69, 9.17) is 0 Å². The van der Waals surface area contributed by atoms with Crippen molar-refractivity contribution in [1.29, 1.82) is 0 Å². The third kappa shape index (κ3) is 3.07. The molecule has 0 unspecified atom stereocenters. The van der Waals surface area contributed by atoms with Gasteiger partial charge in [-0.3, -0.25) is 10.1 Å². The number of hydrogen-bond donors (Lipinski definition) is 2. The Bertz CT molecular complexity index is 388. The van der Waals surface area contributed by atoms with E-state index in [0.29, 0.717) is 12.1 Å². The molecular weight excluding hydrogens is 196 g/mol. The standard InChI is InChI=1S/C10H12N2O3/c1-11-6-2-3-8-4-5-10(13)9(7-8)12(14)15/h2-5,7,11,13H,6H2,1H3. The molecule has 0 saturated heterocycles. The van der Waals surface area contributed by atoms with Crippen molar-refractivity contribution < 1.29 is 10.0 Å². The first kappa shape index (κ1) is 11.2. The molecule has 0 amide bonds. The molecule has 80 valence electrons. The lowest BCUT2D eigenvalue weighted by molar-refractivity contribution is -0.385. The van der Waals surface area contributed by atoms with Gasteiger partial charge in [-0.05, 0) is 18.7 Å². The van der Waals surface area contributed by atoms with Crippen LogP contribution in [0.15, 0.2) is 24.3 Å². The van der Waals surface area contributed by atoms with Gasteiger partial charge in [0.2, 0.25) is 0 Å². The molecular formula is C10H12N2O3. The van der Waals surface area contributed by atoms with Crippen molar-refractivity contribution in [2.24, 2.45) is 0 Å². The van der Waals surface area contributed by atoms with Gasteiger partial charge in [-0.1, -0.05) is 18.2 Å². The van der Waals surface area contributed by atoms with Crippen LogP contribution in [0.5, 0.6) is 5.75 Å². The molecule has 0 aromatic heterocycles. The minimum Gasteiger partial charge on any atom is -0.502 e. The van der Waals surface area contributed by atoms with E-state index < -0.39 is 4.92 Å². The zero-order valence-electron chi connectivity index (χ0n) is 8.30. The normalized spacial score (nSPS) is 10.7. The molecule has 1 aromatic carbocycles. The molecule has 2 N–H and O–H groups in total. The summed E-state index contributed by atoms with van der Waals surface area (Å²) < 4.78 is 0. The molecule has 0 spiro atoms. The van der Waals surface area contributed by atoms with Gasteiger partial charge in [0, 0.05) is 12.6 Å². The lowest BCUT2D eigenvalue weighted by atomic mass is 10.2. The van der Waals surface area contributed by atoms with E-state index in [1.54, 1.807) is 12.1 Å². The van der Waals surface area contributed by atoms with Gasteiger partial charge >= 0.3 is 5.69 Å². The number of aromatic hydroxyl groups is 1. The number of likely N-dealkylation sites (N-methyl/N-ethyl adjacent to an activating group) is 1. The Morgan fingerprint density at radius 2 is 2.33 bits per heavy atom. The number of nitrogens with zero attached hydrogens (tertiary/aromatic N) is 1. The number of rotatable bonds is 4. The largest absolute Gasteiger partial charge is 0.502 e. The van der Waals surface area contributed by atoms with Gasteiger partial charge in [0.25, 0.3) is 0 Å². The molecule has 5 nitrogen and oxygen atoms in total. The number of benzene rings is 1. The lowest BCUT2D eigenvalue weighted by Crippen LogP contribution is -2.03. The van der Waals surface area contributed by atoms with Crippen LogP contribution >= 0.6 is 0 Å². The summed E-state index contributed by atoms with van der Waals surface area (Å²) in [5, 5.41) is 22.6. The van der Waals surface area contributed by atoms with Crippen molar-refractivity contribution in [3.05, 3.63) is 40.0 Å². The number of hydrogen-bond acceptors (Lipinski definition) is 4. The summed E-state index contributed by atoms with van der Waals surface area (Å²) in [5.74, 6) is -0.314. The second-order valence-electron chi connectivity index (χ2n) is 2.97. The van der Waals surface area contributed by atoms with E-state index in [1.165, 1.54) is 12.1 Å². The summed E-state index contributed by atoms with van der Waals surface area (Å²) in [7, 11) is 1.81. The van der Waals surface area contributed by atoms with Crippen LogP contribution < -0.4 is 5.32 Å². The average molecular weight is 208 g/mol. The molecule has 0 aliphatic heterocycles. The topological polar surface area (TPSA) is 75.4 Å². The predicted octanol–water partition coefficient (Wildman–Crippen LogP) is 1.53. The van der Waals surface area contributed by atoms with Gasteiger partial charge in [-0.25, -0.2) is 0 Å². The molecule has 0 bridgehead atoms. The third-order valence-electron chi connectivity index (χ3n) is 1.83. The van der Waals surface area contributed by atoms with Crippen LogP contribution in [0, 0.1) is 10.1 Å². The molecule has 15 heavy (non-hydrogen) atoms. The monoisotopic (exact) mass is 208 g/mol. The zero-order chi connectivity index (χ0) is 11.3. The number of nitrogens with one attached hydrogen (secondary N) is 1. The lowest BCUT2D eigenvalue weighted by Gasteiger charge is -1.97. The number of nitro groups is 1. The predicted molar refractivity (Wildman–Crippen MR) is 57.7 cm³/mol. The van der Waals surface area contributed by atoms with E-state index in [1.807, 2.05) is 13.1 Å². The molecule has 0 heterocycles. The van der Waals surface area contributed by atoms with Crippen molar-refractivity contribution in [1.82, 2.24) is 5.32 Å². The van der Waals surface area contributed by atoms with Crippen molar-refractivity contribution in [3.8, 4) is 5.75 Å². The summed E-state index contributed by atoms with van der Waals surface area (Å²) >= 11 is 0. The molecule has 5 heteroatoms. The van der Waals surface area contributed by atoms with Gasteiger partial charge in [0.05, 0.1) is 4.92 Å². The van der Waals surface area contributed by atoms with Gasteiger partial charge in [-0.15, -0.1) is 0 Å². The van der Waals surface area contributed by atoms with Crippen LogP contribution in [0.1, 0.15) is 5.56 Å². The van der Waals surface area contributed by atoms with E-state index in [0.717, 1.165) is 0 Å². The highest BCUT2D eigenvalue weighted by Gasteiger charge is 2.12. The maximum Gasteiger partial charge on any atom is 0.311 e. The Hall–Kier alpha value is -1.88. The van der Waals surface area contributed by atoms with E-state index in [-0.39, 0.29) is 11.4 Å². The molecule has 0 radical (unpaired) electrons. The van der Waals surface area contributed by atoms with Gasteiger partial charge < -0.3 is 10.4 Å². The van der Waals surface area contributed by atoms with Crippen LogP contribution in [0.25, 0.3) is 6.08 Å². The van der Waals surface area contributed by atoms with E-state index >= 15 is 0 Å². The summed E-state index contributed by atoms with van der Waals surface area (Å²) in [5.41, 5.74) is 0.413. The van der Waals surface area contributed by atoms with Crippen molar-refractivity contribution in [3.63, 3.8) is 0 Å². The Balaban J connectivity index is 2.92. The van der Waals surface area contributed by atoms with Gasteiger partial charge in [0.15, 0.2) is 5.75 Å². The molecule has 0 aliphatic rings. The molecule has 0 atom stereocenters. The molecule has 0 fully saturated rings. The number of nitro benzene ring substituents is 1. The second kappa shape index (κ2) is 5.11.